The Hall–Kier alpha value is -4.99. The van der Waals surface area contributed by atoms with E-state index in [-0.39, 0.29) is 54.5 Å². The second-order valence-corrected chi connectivity index (χ2v) is 8.01. The highest BCUT2D eigenvalue weighted by molar-refractivity contribution is 6.01. The Balaban J connectivity index is 2.23. The van der Waals surface area contributed by atoms with Crippen LogP contribution in [0.2, 0.25) is 0 Å². The Labute approximate surface area is 225 Å². The van der Waals surface area contributed by atoms with Crippen molar-refractivity contribution in [3.63, 3.8) is 0 Å². The molecule has 2 rings (SSSR count). The molecule has 2 aromatic rings. The Morgan fingerprint density at radius 2 is 1.23 bits per heavy atom. The van der Waals surface area contributed by atoms with Gasteiger partial charge in [0.05, 0.1) is 11.1 Å². The summed E-state index contributed by atoms with van der Waals surface area (Å²) in [5, 5.41) is 0. The summed E-state index contributed by atoms with van der Waals surface area (Å²) in [5.41, 5.74) is 1.45. The Bertz CT molecular complexity index is 1290. The summed E-state index contributed by atoms with van der Waals surface area (Å²) >= 11 is 0. The molecule has 0 fully saturated rings. The molecule has 0 aliphatic rings. The van der Waals surface area contributed by atoms with E-state index in [4.69, 9.17) is 23.7 Å². The van der Waals surface area contributed by atoms with Crippen LogP contribution in [0.1, 0.15) is 34.6 Å². The first kappa shape index (κ1) is 30.2. The first-order valence-corrected chi connectivity index (χ1v) is 11.6. The molecule has 0 aromatic heterocycles. The maximum atomic E-state index is 13.0. The van der Waals surface area contributed by atoms with Gasteiger partial charge in [0.15, 0.2) is 0 Å². The second kappa shape index (κ2) is 14.7. The quantitative estimate of drug-likeness (QED) is 0.122. The van der Waals surface area contributed by atoms with Gasteiger partial charge in [-0.25, -0.2) is 24.0 Å². The SMILES string of the molecule is C=CC(=O)Oc1ccc(-c2ccc(C(=O)OCCOC(=O)C(=C)C)cc2C(=O)OCCOC(=O)C(=C)C)cc1. The molecule has 10 heteroatoms. The van der Waals surface area contributed by atoms with Gasteiger partial charge >= 0.3 is 29.8 Å². The van der Waals surface area contributed by atoms with Crippen LogP contribution in [0.5, 0.6) is 5.75 Å². The van der Waals surface area contributed by atoms with Crippen LogP contribution >= 0.6 is 0 Å². The Kier molecular flexibility index (Phi) is 11.4. The molecule has 0 atom stereocenters. The molecular formula is C29H28O10. The van der Waals surface area contributed by atoms with Crippen molar-refractivity contribution in [3.8, 4) is 16.9 Å². The monoisotopic (exact) mass is 536 g/mol. The first-order chi connectivity index (χ1) is 18.5. The molecule has 0 spiro atoms. The number of hydrogen-bond donors (Lipinski definition) is 0. The fourth-order valence-electron chi connectivity index (χ4n) is 2.90. The van der Waals surface area contributed by atoms with E-state index < -0.39 is 29.8 Å². The zero-order chi connectivity index (χ0) is 28.9. The average molecular weight is 537 g/mol. The van der Waals surface area contributed by atoms with Gasteiger partial charge < -0.3 is 23.7 Å². The van der Waals surface area contributed by atoms with Crippen molar-refractivity contribution in [2.45, 2.75) is 13.8 Å². The predicted octanol–water partition coefficient (Wildman–Crippen LogP) is 4.00. The van der Waals surface area contributed by atoms with Crippen molar-refractivity contribution in [1.29, 1.82) is 0 Å². The molecule has 0 saturated heterocycles. The molecule has 0 amide bonds. The van der Waals surface area contributed by atoms with E-state index in [0.29, 0.717) is 11.1 Å². The van der Waals surface area contributed by atoms with E-state index >= 15 is 0 Å². The average Bonchev–Trinajstić information content (AvgIpc) is 2.92. The summed E-state index contributed by atoms with van der Waals surface area (Å²) in [6, 6.07) is 10.6. The molecule has 204 valence electrons. The minimum absolute atomic E-state index is 0.0280. The number of esters is 5. The van der Waals surface area contributed by atoms with Crippen LogP contribution < -0.4 is 4.74 Å². The summed E-state index contributed by atoms with van der Waals surface area (Å²) in [7, 11) is 0. The van der Waals surface area contributed by atoms with Crippen molar-refractivity contribution in [2.75, 3.05) is 26.4 Å². The number of rotatable bonds is 13. The fourth-order valence-corrected chi connectivity index (χ4v) is 2.90. The van der Waals surface area contributed by atoms with E-state index in [1.807, 2.05) is 0 Å². The van der Waals surface area contributed by atoms with Crippen LogP contribution in [0, 0.1) is 0 Å². The highest BCUT2D eigenvalue weighted by Gasteiger charge is 2.19. The molecule has 0 radical (unpaired) electrons. The van der Waals surface area contributed by atoms with Crippen molar-refractivity contribution < 1.29 is 47.7 Å². The van der Waals surface area contributed by atoms with Crippen LogP contribution in [0.4, 0.5) is 0 Å². The van der Waals surface area contributed by atoms with E-state index in [1.165, 1.54) is 44.2 Å². The van der Waals surface area contributed by atoms with Gasteiger partial charge in [-0.3, -0.25) is 0 Å². The van der Waals surface area contributed by atoms with Crippen LogP contribution in [-0.2, 0) is 33.3 Å². The van der Waals surface area contributed by atoms with E-state index in [9.17, 15) is 24.0 Å². The summed E-state index contributed by atoms with van der Waals surface area (Å²) < 4.78 is 25.3. The summed E-state index contributed by atoms with van der Waals surface area (Å²) in [5.74, 6) is -3.15. The predicted molar refractivity (Wildman–Crippen MR) is 140 cm³/mol. The van der Waals surface area contributed by atoms with Crippen LogP contribution in [0.25, 0.3) is 11.1 Å². The maximum absolute atomic E-state index is 13.0. The third-order valence-corrected chi connectivity index (χ3v) is 4.82. The fraction of sp³-hybridized carbons (Fsp3) is 0.207. The number of benzene rings is 2. The molecule has 10 nitrogen and oxygen atoms in total. The third-order valence-electron chi connectivity index (χ3n) is 4.82. The largest absolute Gasteiger partial charge is 0.459 e. The summed E-state index contributed by atoms with van der Waals surface area (Å²) in [4.78, 5) is 59.9. The molecular weight excluding hydrogens is 508 g/mol. The molecule has 0 heterocycles. The smallest absolute Gasteiger partial charge is 0.338 e. The van der Waals surface area contributed by atoms with Gasteiger partial charge in [0.25, 0.3) is 0 Å². The Morgan fingerprint density at radius 3 is 1.74 bits per heavy atom. The second-order valence-electron chi connectivity index (χ2n) is 8.01. The van der Waals surface area contributed by atoms with Gasteiger partial charge in [0, 0.05) is 17.2 Å². The van der Waals surface area contributed by atoms with Gasteiger partial charge in [-0.1, -0.05) is 37.9 Å². The summed E-state index contributed by atoms with van der Waals surface area (Å²) in [6.07, 6.45) is 1.03. The zero-order valence-corrected chi connectivity index (χ0v) is 21.7. The van der Waals surface area contributed by atoms with Gasteiger partial charge in [-0.15, -0.1) is 0 Å². The summed E-state index contributed by atoms with van der Waals surface area (Å²) in [6.45, 7) is 12.4. The molecule has 2 aromatic carbocycles. The molecule has 39 heavy (non-hydrogen) atoms. The topological polar surface area (TPSA) is 132 Å². The van der Waals surface area contributed by atoms with Gasteiger partial charge in [0.2, 0.25) is 0 Å². The van der Waals surface area contributed by atoms with E-state index in [1.54, 1.807) is 12.1 Å². The lowest BCUT2D eigenvalue weighted by Gasteiger charge is -2.13. The number of ether oxygens (including phenoxy) is 5. The number of hydrogen-bond acceptors (Lipinski definition) is 10. The zero-order valence-electron chi connectivity index (χ0n) is 21.7. The highest BCUT2D eigenvalue weighted by atomic mass is 16.6. The van der Waals surface area contributed by atoms with Crippen LogP contribution in [-0.4, -0.2) is 56.3 Å². The maximum Gasteiger partial charge on any atom is 0.338 e. The normalized spacial score (nSPS) is 10.0. The number of carbonyl (C=O) groups is 5. The van der Waals surface area contributed by atoms with E-state index in [0.717, 1.165) is 6.08 Å². The van der Waals surface area contributed by atoms with Gasteiger partial charge in [0.1, 0.15) is 32.2 Å². The lowest BCUT2D eigenvalue weighted by Crippen LogP contribution is -2.16. The van der Waals surface area contributed by atoms with Crippen molar-refractivity contribution in [1.82, 2.24) is 0 Å². The van der Waals surface area contributed by atoms with Crippen molar-refractivity contribution in [3.05, 3.63) is 90.6 Å². The molecule has 0 unspecified atom stereocenters. The molecule has 0 aliphatic heterocycles. The van der Waals surface area contributed by atoms with E-state index in [2.05, 4.69) is 19.7 Å². The first-order valence-electron chi connectivity index (χ1n) is 11.6. The van der Waals surface area contributed by atoms with Gasteiger partial charge in [-0.2, -0.15) is 0 Å². The van der Waals surface area contributed by atoms with Crippen molar-refractivity contribution >= 4 is 29.8 Å². The third kappa shape index (κ3) is 9.43. The number of carbonyl (C=O) groups excluding carboxylic acids is 5. The molecule has 0 bridgehead atoms. The Morgan fingerprint density at radius 1 is 0.718 bits per heavy atom. The minimum Gasteiger partial charge on any atom is -0.459 e. The van der Waals surface area contributed by atoms with Crippen molar-refractivity contribution in [2.24, 2.45) is 0 Å². The lowest BCUT2D eigenvalue weighted by molar-refractivity contribution is -0.140. The lowest BCUT2D eigenvalue weighted by atomic mass is 9.97. The van der Waals surface area contributed by atoms with Crippen LogP contribution in [0.3, 0.4) is 0 Å². The van der Waals surface area contributed by atoms with Gasteiger partial charge in [-0.05, 0) is 49.2 Å². The molecule has 0 aliphatic carbocycles. The van der Waals surface area contributed by atoms with Crippen LogP contribution in [0.15, 0.2) is 79.4 Å². The minimum atomic E-state index is -0.788. The standard InChI is InChI=1S/C29H28O10/c1-6-25(30)39-22-10-7-20(8-11-22)23-12-9-21(28(33)37-15-13-35-26(31)18(2)3)17-24(23)29(34)38-16-14-36-27(32)19(4)5/h6-12,17H,1-2,4,13-16H2,3,5H3. The molecule has 0 N–H and O–H groups in total. The molecule has 0 saturated carbocycles. The highest BCUT2D eigenvalue weighted by Crippen LogP contribution is 2.28.